The summed E-state index contributed by atoms with van der Waals surface area (Å²) in [5, 5.41) is 12.7. The van der Waals surface area contributed by atoms with Gasteiger partial charge in [-0.25, -0.2) is 8.78 Å². The summed E-state index contributed by atoms with van der Waals surface area (Å²) in [6, 6.07) is 2.10. The average molecular weight is 248 g/mol. The second-order valence-corrected chi connectivity index (χ2v) is 2.91. The van der Waals surface area contributed by atoms with Crippen LogP contribution < -0.4 is 5.73 Å². The van der Waals surface area contributed by atoms with Gasteiger partial charge in [0.1, 0.15) is 11.6 Å². The van der Waals surface area contributed by atoms with E-state index in [2.05, 4.69) is 20.6 Å². The van der Waals surface area contributed by atoms with Gasteiger partial charge in [0.05, 0.1) is 6.04 Å². The third-order valence-corrected chi connectivity index (χ3v) is 1.93. The Kier molecular flexibility index (Phi) is 3.86. The fraction of sp³-hybridized carbons (Fsp3) is 0.125. The Balaban J connectivity index is 0.00000128. The molecule has 16 heavy (non-hydrogen) atoms. The van der Waals surface area contributed by atoms with Gasteiger partial charge in [-0.1, -0.05) is 5.21 Å². The number of aromatic nitrogens is 4. The largest absolute Gasteiger partial charge is 0.317 e. The maximum atomic E-state index is 13.3. The molecule has 0 radical (unpaired) electrons. The van der Waals surface area contributed by atoms with Crippen LogP contribution in [0.15, 0.2) is 18.2 Å². The molecule has 0 saturated carbocycles. The Hall–Kier alpha value is -1.60. The van der Waals surface area contributed by atoms with Gasteiger partial charge in [0.25, 0.3) is 0 Å². The minimum atomic E-state index is -0.931. The Morgan fingerprint density at radius 3 is 2.69 bits per heavy atom. The van der Waals surface area contributed by atoms with Crippen molar-refractivity contribution in [1.29, 1.82) is 0 Å². The fourth-order valence-electron chi connectivity index (χ4n) is 1.19. The van der Waals surface area contributed by atoms with Gasteiger partial charge in [0, 0.05) is 5.56 Å². The van der Waals surface area contributed by atoms with Crippen LogP contribution in [0.1, 0.15) is 17.4 Å². The number of aromatic amines is 1. The van der Waals surface area contributed by atoms with E-state index in [9.17, 15) is 8.78 Å². The van der Waals surface area contributed by atoms with E-state index in [1.165, 1.54) is 0 Å². The summed E-state index contributed by atoms with van der Waals surface area (Å²) in [6.45, 7) is 0. The van der Waals surface area contributed by atoms with Gasteiger partial charge in [0.2, 0.25) is 0 Å². The van der Waals surface area contributed by atoms with Crippen LogP contribution in [0, 0.1) is 11.6 Å². The van der Waals surface area contributed by atoms with Crippen LogP contribution in [0.2, 0.25) is 0 Å². The van der Waals surface area contributed by atoms with Crippen LogP contribution in [0.25, 0.3) is 0 Å². The number of benzene rings is 1. The Bertz CT molecular complexity index is 461. The topological polar surface area (TPSA) is 80.5 Å². The van der Waals surface area contributed by atoms with Crippen LogP contribution >= 0.6 is 12.4 Å². The van der Waals surface area contributed by atoms with Crippen LogP contribution in [0.3, 0.4) is 0 Å². The SMILES string of the molecule is Cl.NC(c1nn[nH]n1)c1cc(F)ccc1F. The molecule has 0 aliphatic carbocycles. The van der Waals surface area contributed by atoms with Crippen molar-refractivity contribution in [3.8, 4) is 0 Å². The minimum Gasteiger partial charge on any atom is -0.317 e. The molecule has 0 bridgehead atoms. The third-order valence-electron chi connectivity index (χ3n) is 1.93. The first-order chi connectivity index (χ1) is 7.18. The van der Waals surface area contributed by atoms with Crippen molar-refractivity contribution in [3.05, 3.63) is 41.2 Å². The lowest BCUT2D eigenvalue weighted by atomic mass is 10.1. The fourth-order valence-corrected chi connectivity index (χ4v) is 1.19. The molecule has 2 rings (SSSR count). The second-order valence-electron chi connectivity index (χ2n) is 2.91. The van der Waals surface area contributed by atoms with E-state index in [-0.39, 0.29) is 23.8 Å². The Morgan fingerprint density at radius 2 is 2.06 bits per heavy atom. The van der Waals surface area contributed by atoms with E-state index in [0.29, 0.717) is 0 Å². The van der Waals surface area contributed by atoms with Crippen molar-refractivity contribution in [1.82, 2.24) is 20.6 Å². The number of H-pyrrole nitrogens is 1. The maximum Gasteiger partial charge on any atom is 0.195 e. The van der Waals surface area contributed by atoms with E-state index in [1.807, 2.05) is 0 Å². The maximum absolute atomic E-state index is 13.3. The van der Waals surface area contributed by atoms with Crippen molar-refractivity contribution in [2.24, 2.45) is 5.73 Å². The van der Waals surface area contributed by atoms with E-state index in [0.717, 1.165) is 18.2 Å². The molecule has 5 nitrogen and oxygen atoms in total. The van der Waals surface area contributed by atoms with Crippen molar-refractivity contribution in [3.63, 3.8) is 0 Å². The van der Waals surface area contributed by atoms with Crippen molar-refractivity contribution >= 4 is 12.4 Å². The molecule has 86 valence electrons. The summed E-state index contributed by atoms with van der Waals surface area (Å²) >= 11 is 0. The second kappa shape index (κ2) is 4.95. The molecular weight excluding hydrogens is 240 g/mol. The first-order valence-electron chi connectivity index (χ1n) is 4.12. The summed E-state index contributed by atoms with van der Waals surface area (Å²) < 4.78 is 26.1. The van der Waals surface area contributed by atoms with E-state index >= 15 is 0 Å². The zero-order valence-electron chi connectivity index (χ0n) is 7.89. The summed E-state index contributed by atoms with van der Waals surface area (Å²) in [4.78, 5) is 0. The number of tetrazole rings is 1. The Labute approximate surface area is 95.5 Å². The minimum absolute atomic E-state index is 0. The van der Waals surface area contributed by atoms with Gasteiger partial charge < -0.3 is 5.73 Å². The molecule has 1 aromatic heterocycles. The molecule has 1 heterocycles. The highest BCUT2D eigenvalue weighted by Crippen LogP contribution is 2.19. The van der Waals surface area contributed by atoms with Crippen molar-refractivity contribution in [2.45, 2.75) is 6.04 Å². The van der Waals surface area contributed by atoms with Gasteiger partial charge in [-0.15, -0.1) is 22.6 Å². The highest BCUT2D eigenvalue weighted by molar-refractivity contribution is 5.85. The summed E-state index contributed by atoms with van der Waals surface area (Å²) in [6.07, 6.45) is 0. The summed E-state index contributed by atoms with van der Waals surface area (Å²) in [5.74, 6) is -1.06. The van der Waals surface area contributed by atoms with Gasteiger partial charge in [0.15, 0.2) is 5.82 Å². The predicted octanol–water partition coefficient (Wildman–Crippen LogP) is 0.948. The molecule has 1 unspecified atom stereocenters. The summed E-state index contributed by atoms with van der Waals surface area (Å²) in [5.41, 5.74) is 5.64. The molecule has 8 heteroatoms. The molecule has 0 fully saturated rings. The van der Waals surface area contributed by atoms with Crippen molar-refractivity contribution in [2.75, 3.05) is 0 Å². The lowest BCUT2D eigenvalue weighted by Crippen LogP contribution is -2.15. The number of halogens is 3. The van der Waals surface area contributed by atoms with Gasteiger partial charge in [-0.3, -0.25) is 0 Å². The standard InChI is InChI=1S/C8H7F2N5.ClH/c9-4-1-2-6(10)5(3-4)7(11)8-12-14-15-13-8;/h1-3,7H,11H2,(H,12,13,14,15);1H. The van der Waals surface area contributed by atoms with E-state index in [1.54, 1.807) is 0 Å². The first-order valence-corrected chi connectivity index (χ1v) is 4.12. The molecular formula is C8H8ClF2N5. The van der Waals surface area contributed by atoms with Gasteiger partial charge in [-0.2, -0.15) is 5.21 Å². The molecule has 0 aliphatic rings. The molecule has 1 aromatic carbocycles. The first kappa shape index (κ1) is 12.5. The highest BCUT2D eigenvalue weighted by Gasteiger charge is 2.17. The highest BCUT2D eigenvalue weighted by atomic mass is 35.5. The Morgan fingerprint density at radius 1 is 1.31 bits per heavy atom. The number of rotatable bonds is 2. The number of nitrogens with one attached hydrogen (secondary N) is 1. The molecule has 3 N–H and O–H groups in total. The lowest BCUT2D eigenvalue weighted by molar-refractivity contribution is 0.572. The molecule has 0 aliphatic heterocycles. The van der Waals surface area contributed by atoms with Gasteiger partial charge in [-0.05, 0) is 18.2 Å². The number of nitrogens with zero attached hydrogens (tertiary/aromatic N) is 3. The number of nitrogens with two attached hydrogens (primary N) is 1. The number of hydrogen-bond donors (Lipinski definition) is 2. The monoisotopic (exact) mass is 247 g/mol. The van der Waals surface area contributed by atoms with E-state index < -0.39 is 17.7 Å². The summed E-state index contributed by atoms with van der Waals surface area (Å²) in [7, 11) is 0. The van der Waals surface area contributed by atoms with E-state index in [4.69, 9.17) is 5.73 Å². The average Bonchev–Trinajstić information content (AvgIpc) is 2.74. The van der Waals surface area contributed by atoms with Crippen LogP contribution in [0.5, 0.6) is 0 Å². The molecule has 1 atom stereocenters. The zero-order chi connectivity index (χ0) is 10.8. The molecule has 0 saturated heterocycles. The quantitative estimate of drug-likeness (QED) is 0.828. The van der Waals surface area contributed by atoms with Crippen molar-refractivity contribution < 1.29 is 8.78 Å². The van der Waals surface area contributed by atoms with Crippen LogP contribution in [0.4, 0.5) is 8.78 Å². The molecule has 2 aromatic rings. The lowest BCUT2D eigenvalue weighted by Gasteiger charge is -2.08. The van der Waals surface area contributed by atoms with Gasteiger partial charge >= 0.3 is 0 Å². The normalized spacial score (nSPS) is 11.9. The molecule has 0 amide bonds. The zero-order valence-corrected chi connectivity index (χ0v) is 8.71. The smallest absolute Gasteiger partial charge is 0.195 e. The molecule has 0 spiro atoms. The van der Waals surface area contributed by atoms with Crippen LogP contribution in [-0.4, -0.2) is 20.6 Å². The number of hydrogen-bond acceptors (Lipinski definition) is 4. The predicted molar refractivity (Wildman–Crippen MR) is 53.8 cm³/mol. The third kappa shape index (κ3) is 2.31. The van der Waals surface area contributed by atoms with Crippen LogP contribution in [-0.2, 0) is 0 Å².